The van der Waals surface area contributed by atoms with Crippen LogP contribution in [0, 0.1) is 0 Å². The van der Waals surface area contributed by atoms with Crippen LogP contribution in [0.1, 0.15) is 48.9 Å². The van der Waals surface area contributed by atoms with Crippen molar-refractivity contribution in [1.82, 2.24) is 9.80 Å². The molecule has 2 fully saturated rings. The van der Waals surface area contributed by atoms with Crippen molar-refractivity contribution in [3.63, 3.8) is 0 Å². The Morgan fingerprint density at radius 1 is 0.967 bits per heavy atom. The lowest BCUT2D eigenvalue weighted by molar-refractivity contribution is -0.136. The quantitative estimate of drug-likeness (QED) is 0.649. The maximum Gasteiger partial charge on any atom is 0.254 e. The number of likely N-dealkylation sites (tertiary alicyclic amines) is 2. The van der Waals surface area contributed by atoms with Crippen molar-refractivity contribution in [2.45, 2.75) is 50.7 Å². The summed E-state index contributed by atoms with van der Waals surface area (Å²) in [4.78, 5) is 28.7. The van der Waals surface area contributed by atoms with Gasteiger partial charge in [0.05, 0.1) is 0 Å². The number of hydrogen-bond acceptors (Lipinski definition) is 5. The fourth-order valence-electron chi connectivity index (χ4n) is 4.29. The third-order valence-corrected chi connectivity index (χ3v) is 6.01. The highest BCUT2D eigenvalue weighted by atomic mass is 16.5. The zero-order chi connectivity index (χ0) is 21.3. The van der Waals surface area contributed by atoms with Gasteiger partial charge in [-0.05, 0) is 49.9 Å². The van der Waals surface area contributed by atoms with Gasteiger partial charge in [0.1, 0.15) is 18.5 Å². The Labute approximate surface area is 179 Å². The molecule has 2 heterocycles. The van der Waals surface area contributed by atoms with Crippen molar-refractivity contribution in [2.24, 2.45) is 0 Å². The Morgan fingerprint density at radius 3 is 2.37 bits per heavy atom. The lowest BCUT2D eigenvalue weighted by atomic mass is 9.98. The van der Waals surface area contributed by atoms with Crippen LogP contribution in [0.4, 0.5) is 0 Å². The largest absolute Gasteiger partial charge is 0.490 e. The standard InChI is InChI=1S/C23H34N2O5/c1-28-16-12-19-5-3-4-13-25(19)23(27)18-6-8-20(9-7-18)30-21-10-14-24(15-11-21)22(26)17-29-2/h6-9,19,21H,3-5,10-17H2,1-2H3/t19-/m1/s1. The van der Waals surface area contributed by atoms with E-state index in [1.807, 2.05) is 34.1 Å². The third-order valence-electron chi connectivity index (χ3n) is 6.01. The molecule has 7 nitrogen and oxygen atoms in total. The number of rotatable bonds is 8. The first-order chi connectivity index (χ1) is 14.6. The van der Waals surface area contributed by atoms with E-state index in [0.29, 0.717) is 25.3 Å². The first kappa shape index (κ1) is 22.6. The minimum atomic E-state index is 0.0281. The van der Waals surface area contributed by atoms with E-state index in [0.717, 1.165) is 44.4 Å². The molecule has 2 aliphatic heterocycles. The molecular weight excluding hydrogens is 384 g/mol. The Hall–Kier alpha value is -2.12. The number of carbonyl (C=O) groups excluding carboxylic acids is 2. The van der Waals surface area contributed by atoms with E-state index in [-0.39, 0.29) is 30.6 Å². The number of methoxy groups -OCH3 is 2. The van der Waals surface area contributed by atoms with Crippen LogP contribution in [-0.4, -0.2) is 80.8 Å². The second-order valence-electron chi connectivity index (χ2n) is 8.09. The van der Waals surface area contributed by atoms with E-state index < -0.39 is 0 Å². The van der Waals surface area contributed by atoms with Crippen molar-refractivity contribution < 1.29 is 23.8 Å². The second-order valence-corrected chi connectivity index (χ2v) is 8.09. The monoisotopic (exact) mass is 418 g/mol. The highest BCUT2D eigenvalue weighted by Gasteiger charge is 2.27. The van der Waals surface area contributed by atoms with Crippen LogP contribution in [0.15, 0.2) is 24.3 Å². The predicted octanol–water partition coefficient (Wildman–Crippen LogP) is 2.73. The van der Waals surface area contributed by atoms with E-state index in [9.17, 15) is 9.59 Å². The van der Waals surface area contributed by atoms with Crippen LogP contribution in [-0.2, 0) is 14.3 Å². The van der Waals surface area contributed by atoms with E-state index in [2.05, 4.69) is 0 Å². The summed E-state index contributed by atoms with van der Waals surface area (Å²) in [6, 6.07) is 7.73. The number of benzene rings is 1. The molecule has 0 N–H and O–H groups in total. The molecule has 0 unspecified atom stereocenters. The maximum atomic E-state index is 13.0. The van der Waals surface area contributed by atoms with Crippen molar-refractivity contribution in [1.29, 1.82) is 0 Å². The maximum absolute atomic E-state index is 13.0. The molecule has 0 spiro atoms. The van der Waals surface area contributed by atoms with Gasteiger partial charge in [-0.3, -0.25) is 9.59 Å². The fraction of sp³-hybridized carbons (Fsp3) is 0.652. The zero-order valence-electron chi connectivity index (χ0n) is 18.2. The van der Waals surface area contributed by atoms with E-state index in [1.54, 1.807) is 7.11 Å². The summed E-state index contributed by atoms with van der Waals surface area (Å²) in [7, 11) is 3.24. The fourth-order valence-corrected chi connectivity index (χ4v) is 4.29. The number of hydrogen-bond donors (Lipinski definition) is 0. The Morgan fingerprint density at radius 2 is 1.70 bits per heavy atom. The lowest BCUT2D eigenvalue weighted by Gasteiger charge is -2.36. The Bertz CT molecular complexity index is 685. The van der Waals surface area contributed by atoms with Gasteiger partial charge in [0, 0.05) is 64.9 Å². The molecule has 0 radical (unpaired) electrons. The third kappa shape index (κ3) is 5.95. The summed E-state index contributed by atoms with van der Waals surface area (Å²) >= 11 is 0. The minimum absolute atomic E-state index is 0.0281. The van der Waals surface area contributed by atoms with E-state index in [4.69, 9.17) is 14.2 Å². The molecule has 0 aromatic heterocycles. The average molecular weight is 419 g/mol. The molecule has 2 amide bonds. The second kappa shape index (κ2) is 11.3. The molecule has 2 saturated heterocycles. The van der Waals surface area contributed by atoms with Crippen molar-refractivity contribution in [3.05, 3.63) is 29.8 Å². The topological polar surface area (TPSA) is 68.3 Å². The average Bonchev–Trinajstić information content (AvgIpc) is 2.78. The molecule has 0 aliphatic carbocycles. The Kier molecular flexibility index (Phi) is 8.51. The first-order valence-corrected chi connectivity index (χ1v) is 11.0. The predicted molar refractivity (Wildman–Crippen MR) is 114 cm³/mol. The van der Waals surface area contributed by atoms with Gasteiger partial charge in [-0.1, -0.05) is 0 Å². The van der Waals surface area contributed by atoms with Gasteiger partial charge in [0.15, 0.2) is 0 Å². The molecule has 1 aromatic carbocycles. The number of carbonyl (C=O) groups is 2. The highest BCUT2D eigenvalue weighted by Crippen LogP contribution is 2.24. The molecule has 1 aromatic rings. The first-order valence-electron chi connectivity index (χ1n) is 11.0. The van der Waals surface area contributed by atoms with E-state index >= 15 is 0 Å². The van der Waals surface area contributed by atoms with Gasteiger partial charge >= 0.3 is 0 Å². The van der Waals surface area contributed by atoms with Crippen LogP contribution in [0.25, 0.3) is 0 Å². The molecule has 166 valence electrons. The molecule has 30 heavy (non-hydrogen) atoms. The summed E-state index contributed by atoms with van der Waals surface area (Å²) < 4.78 is 16.2. The van der Waals surface area contributed by atoms with Crippen molar-refractivity contribution >= 4 is 11.8 Å². The number of piperidine rings is 2. The normalized spacial score (nSPS) is 20.3. The summed E-state index contributed by atoms with van der Waals surface area (Å²) in [5.74, 6) is 0.885. The lowest BCUT2D eigenvalue weighted by Crippen LogP contribution is -2.44. The van der Waals surface area contributed by atoms with Crippen LogP contribution in [0.5, 0.6) is 5.75 Å². The molecule has 0 saturated carbocycles. The molecule has 0 bridgehead atoms. The van der Waals surface area contributed by atoms with Gasteiger partial charge in [0.2, 0.25) is 5.91 Å². The summed E-state index contributed by atoms with van der Waals surface area (Å²) in [5, 5.41) is 0. The van der Waals surface area contributed by atoms with Crippen LogP contribution in [0.2, 0.25) is 0 Å². The molecular formula is C23H34N2O5. The molecule has 3 rings (SSSR count). The summed E-state index contributed by atoms with van der Waals surface area (Å²) in [5.41, 5.74) is 0.701. The van der Waals surface area contributed by atoms with Crippen LogP contribution in [0.3, 0.4) is 0 Å². The summed E-state index contributed by atoms with van der Waals surface area (Å²) in [6.07, 6.45) is 5.83. The number of nitrogens with zero attached hydrogens (tertiary/aromatic N) is 2. The molecule has 7 heteroatoms. The smallest absolute Gasteiger partial charge is 0.254 e. The van der Waals surface area contributed by atoms with Gasteiger partial charge in [-0.2, -0.15) is 0 Å². The van der Waals surface area contributed by atoms with Gasteiger partial charge in [-0.25, -0.2) is 0 Å². The Balaban J connectivity index is 1.52. The molecule has 2 aliphatic rings. The molecule has 1 atom stereocenters. The minimum Gasteiger partial charge on any atom is -0.490 e. The SMILES string of the molecule is COCC[C@H]1CCCCN1C(=O)c1ccc(OC2CCN(C(=O)COC)CC2)cc1. The van der Waals surface area contributed by atoms with Crippen LogP contribution >= 0.6 is 0 Å². The van der Waals surface area contributed by atoms with Gasteiger partial charge < -0.3 is 24.0 Å². The van der Waals surface area contributed by atoms with Crippen molar-refractivity contribution in [3.8, 4) is 5.75 Å². The van der Waals surface area contributed by atoms with Gasteiger partial charge in [0.25, 0.3) is 5.91 Å². The van der Waals surface area contributed by atoms with E-state index in [1.165, 1.54) is 13.5 Å². The van der Waals surface area contributed by atoms with Crippen LogP contribution < -0.4 is 4.74 Å². The number of amides is 2. The zero-order valence-corrected chi connectivity index (χ0v) is 18.2. The number of ether oxygens (including phenoxy) is 3. The summed E-state index contributed by atoms with van der Waals surface area (Å²) in [6.45, 7) is 2.98. The highest BCUT2D eigenvalue weighted by molar-refractivity contribution is 5.94. The van der Waals surface area contributed by atoms with Crippen molar-refractivity contribution in [2.75, 3.05) is 47.1 Å². The van der Waals surface area contributed by atoms with Gasteiger partial charge in [-0.15, -0.1) is 0 Å².